The summed E-state index contributed by atoms with van der Waals surface area (Å²) in [6.07, 6.45) is 0.727. The largest absolute Gasteiger partial charge is 0.480 e. The van der Waals surface area contributed by atoms with Crippen LogP contribution in [0.5, 0.6) is 0 Å². The number of hydrogen-bond acceptors (Lipinski definition) is 2. The zero-order valence-electron chi connectivity index (χ0n) is 11.2. The Bertz CT molecular complexity index is 614. The van der Waals surface area contributed by atoms with Crippen LogP contribution in [0.4, 0.5) is 0 Å². The summed E-state index contributed by atoms with van der Waals surface area (Å²) >= 11 is 0. The molecule has 1 aromatic carbocycles. The smallest absolute Gasteiger partial charge is 0.326 e. The number of carboxylic acid groups (broad SMARTS) is 1. The molecule has 0 aliphatic carbocycles. The molecular formula is C14H18N2O2. The second kappa shape index (κ2) is 4.44. The Labute approximate surface area is 106 Å². The molecule has 0 aliphatic heterocycles. The number of aryl methyl sites for hydroxylation is 3. The van der Waals surface area contributed by atoms with Gasteiger partial charge in [0.25, 0.3) is 0 Å². The fourth-order valence-electron chi connectivity index (χ4n) is 2.19. The summed E-state index contributed by atoms with van der Waals surface area (Å²) in [5.74, 6) is -0.00729. The van der Waals surface area contributed by atoms with Crippen LogP contribution in [0.1, 0.15) is 36.8 Å². The number of hydrogen-bond donors (Lipinski definition) is 1. The molecule has 0 saturated carbocycles. The summed E-state index contributed by atoms with van der Waals surface area (Å²) in [7, 11) is 0. The Morgan fingerprint density at radius 3 is 2.56 bits per heavy atom. The number of nitrogens with zero attached hydrogens (tertiary/aromatic N) is 2. The Hall–Kier alpha value is -1.84. The topological polar surface area (TPSA) is 55.1 Å². The fraction of sp³-hybridized carbons (Fsp3) is 0.429. The number of rotatable bonds is 3. The Balaban J connectivity index is 2.76. The van der Waals surface area contributed by atoms with Crippen LogP contribution in [0.3, 0.4) is 0 Å². The van der Waals surface area contributed by atoms with Gasteiger partial charge in [0.15, 0.2) is 0 Å². The molecule has 0 aliphatic rings. The van der Waals surface area contributed by atoms with Crippen molar-refractivity contribution in [2.45, 2.75) is 40.2 Å². The van der Waals surface area contributed by atoms with E-state index in [0.717, 1.165) is 28.8 Å². The van der Waals surface area contributed by atoms with Crippen molar-refractivity contribution in [3.8, 4) is 0 Å². The molecule has 1 unspecified atom stereocenters. The lowest BCUT2D eigenvalue weighted by molar-refractivity contribution is -0.140. The molecule has 0 spiro atoms. The summed E-state index contributed by atoms with van der Waals surface area (Å²) in [5.41, 5.74) is 4.12. The van der Waals surface area contributed by atoms with Crippen LogP contribution in [-0.4, -0.2) is 20.6 Å². The maximum absolute atomic E-state index is 11.2. The minimum Gasteiger partial charge on any atom is -0.480 e. The van der Waals surface area contributed by atoms with Crippen LogP contribution in [-0.2, 0) is 11.2 Å². The summed E-state index contributed by atoms with van der Waals surface area (Å²) in [4.78, 5) is 15.7. The standard InChI is InChI=1S/C14H18N2O2/c1-5-13-15-11-6-8(2)9(3)7-12(11)16(13)10(4)14(17)18/h6-7,10H,5H2,1-4H3,(H,17,18). The summed E-state index contributed by atoms with van der Waals surface area (Å²) in [5, 5.41) is 9.21. The number of fused-ring (bicyclic) bond motifs is 1. The minimum absolute atomic E-state index is 0.591. The normalized spacial score (nSPS) is 12.9. The maximum Gasteiger partial charge on any atom is 0.326 e. The van der Waals surface area contributed by atoms with Crippen LogP contribution >= 0.6 is 0 Å². The number of carbonyl (C=O) groups is 1. The first-order valence-electron chi connectivity index (χ1n) is 6.16. The van der Waals surface area contributed by atoms with E-state index in [4.69, 9.17) is 0 Å². The van der Waals surface area contributed by atoms with E-state index < -0.39 is 12.0 Å². The van der Waals surface area contributed by atoms with Crippen LogP contribution < -0.4 is 0 Å². The maximum atomic E-state index is 11.2. The van der Waals surface area contributed by atoms with E-state index in [9.17, 15) is 9.90 Å². The third-order valence-electron chi connectivity index (χ3n) is 3.44. The van der Waals surface area contributed by atoms with Gasteiger partial charge in [0.2, 0.25) is 0 Å². The fourth-order valence-corrected chi connectivity index (χ4v) is 2.19. The van der Waals surface area contributed by atoms with Crippen molar-refractivity contribution in [2.24, 2.45) is 0 Å². The van der Waals surface area contributed by atoms with E-state index >= 15 is 0 Å². The number of aromatic nitrogens is 2. The first-order valence-corrected chi connectivity index (χ1v) is 6.16. The average molecular weight is 246 g/mol. The van der Waals surface area contributed by atoms with Gasteiger partial charge >= 0.3 is 5.97 Å². The lowest BCUT2D eigenvalue weighted by Gasteiger charge is -2.13. The van der Waals surface area contributed by atoms with Crippen molar-refractivity contribution in [2.75, 3.05) is 0 Å². The monoisotopic (exact) mass is 246 g/mol. The van der Waals surface area contributed by atoms with E-state index in [2.05, 4.69) is 4.98 Å². The summed E-state index contributed by atoms with van der Waals surface area (Å²) in [6, 6.07) is 3.46. The molecule has 0 amide bonds. The van der Waals surface area contributed by atoms with Crippen molar-refractivity contribution in [3.63, 3.8) is 0 Å². The molecule has 0 radical (unpaired) electrons. The molecule has 2 aromatic rings. The predicted octanol–water partition coefficient (Wildman–Crippen LogP) is 2.86. The Kier molecular flexibility index (Phi) is 3.11. The molecule has 1 aromatic heterocycles. The average Bonchev–Trinajstić information content (AvgIpc) is 2.66. The van der Waals surface area contributed by atoms with E-state index in [1.54, 1.807) is 6.92 Å². The van der Waals surface area contributed by atoms with Gasteiger partial charge in [-0.1, -0.05) is 6.92 Å². The summed E-state index contributed by atoms with van der Waals surface area (Å²) < 4.78 is 1.82. The van der Waals surface area contributed by atoms with Gasteiger partial charge < -0.3 is 9.67 Å². The van der Waals surface area contributed by atoms with Gasteiger partial charge in [0, 0.05) is 6.42 Å². The second-order valence-electron chi connectivity index (χ2n) is 4.69. The predicted molar refractivity (Wildman–Crippen MR) is 70.9 cm³/mol. The zero-order valence-corrected chi connectivity index (χ0v) is 11.2. The van der Waals surface area contributed by atoms with Gasteiger partial charge in [-0.3, -0.25) is 0 Å². The van der Waals surface area contributed by atoms with Crippen molar-refractivity contribution in [1.82, 2.24) is 9.55 Å². The molecule has 18 heavy (non-hydrogen) atoms. The molecule has 0 bridgehead atoms. The van der Waals surface area contributed by atoms with Gasteiger partial charge in [0.05, 0.1) is 11.0 Å². The van der Waals surface area contributed by atoms with Crippen molar-refractivity contribution < 1.29 is 9.90 Å². The lowest BCUT2D eigenvalue weighted by atomic mass is 10.1. The number of benzene rings is 1. The third-order valence-corrected chi connectivity index (χ3v) is 3.44. The quantitative estimate of drug-likeness (QED) is 0.906. The molecule has 1 atom stereocenters. The molecule has 1 N–H and O–H groups in total. The number of carboxylic acids is 1. The second-order valence-corrected chi connectivity index (χ2v) is 4.69. The highest BCUT2D eigenvalue weighted by Gasteiger charge is 2.20. The van der Waals surface area contributed by atoms with Gasteiger partial charge in [-0.25, -0.2) is 9.78 Å². The van der Waals surface area contributed by atoms with Crippen LogP contribution in [0, 0.1) is 13.8 Å². The Morgan fingerprint density at radius 2 is 2.00 bits per heavy atom. The number of imidazole rings is 1. The van der Waals surface area contributed by atoms with Crippen molar-refractivity contribution >= 4 is 17.0 Å². The molecular weight excluding hydrogens is 228 g/mol. The molecule has 96 valence electrons. The van der Waals surface area contributed by atoms with Gasteiger partial charge in [-0.15, -0.1) is 0 Å². The highest BCUT2D eigenvalue weighted by Crippen LogP contribution is 2.24. The lowest BCUT2D eigenvalue weighted by Crippen LogP contribution is -2.17. The molecule has 1 heterocycles. The molecule has 4 nitrogen and oxygen atoms in total. The van der Waals surface area contributed by atoms with Crippen molar-refractivity contribution in [1.29, 1.82) is 0 Å². The van der Waals surface area contributed by atoms with Gasteiger partial charge in [-0.05, 0) is 44.0 Å². The Morgan fingerprint density at radius 1 is 1.39 bits per heavy atom. The first-order chi connectivity index (χ1) is 8.45. The number of aliphatic carboxylic acids is 1. The molecule has 0 fully saturated rings. The highest BCUT2D eigenvalue weighted by molar-refractivity contribution is 5.81. The van der Waals surface area contributed by atoms with Crippen LogP contribution in [0.2, 0.25) is 0 Å². The third kappa shape index (κ3) is 1.88. The SMILES string of the molecule is CCc1nc2cc(C)c(C)cc2n1C(C)C(=O)O. The molecule has 4 heteroatoms. The molecule has 0 saturated heterocycles. The zero-order chi connectivity index (χ0) is 13.4. The van der Waals surface area contributed by atoms with Gasteiger partial charge in [0.1, 0.15) is 11.9 Å². The van der Waals surface area contributed by atoms with Crippen LogP contribution in [0.25, 0.3) is 11.0 Å². The van der Waals surface area contributed by atoms with Crippen molar-refractivity contribution in [3.05, 3.63) is 29.1 Å². The van der Waals surface area contributed by atoms with Gasteiger partial charge in [-0.2, -0.15) is 0 Å². The van der Waals surface area contributed by atoms with E-state index in [1.807, 2.05) is 37.5 Å². The van der Waals surface area contributed by atoms with E-state index in [1.165, 1.54) is 5.56 Å². The van der Waals surface area contributed by atoms with E-state index in [-0.39, 0.29) is 0 Å². The highest BCUT2D eigenvalue weighted by atomic mass is 16.4. The minimum atomic E-state index is -0.831. The van der Waals surface area contributed by atoms with E-state index in [0.29, 0.717) is 0 Å². The summed E-state index contributed by atoms with van der Waals surface area (Å²) in [6.45, 7) is 7.76. The van der Waals surface area contributed by atoms with Crippen LogP contribution in [0.15, 0.2) is 12.1 Å². The molecule has 2 rings (SSSR count). The first kappa shape index (κ1) is 12.6.